The van der Waals surface area contributed by atoms with E-state index in [9.17, 15) is 0 Å². The van der Waals surface area contributed by atoms with Gasteiger partial charge in [0.25, 0.3) is 0 Å². The first-order valence-electron chi connectivity index (χ1n) is 6.30. The number of allylic oxidation sites excluding steroid dienone is 6. The Labute approximate surface area is 98.6 Å². The molecule has 1 fully saturated rings. The maximum absolute atomic E-state index is 3.52. The van der Waals surface area contributed by atoms with Gasteiger partial charge in [-0.3, -0.25) is 0 Å². The van der Waals surface area contributed by atoms with Gasteiger partial charge in [-0.1, -0.05) is 36.8 Å². The summed E-state index contributed by atoms with van der Waals surface area (Å²) in [5.41, 5.74) is 5.91. The molecule has 0 aromatic heterocycles. The molecule has 0 radical (unpaired) electrons. The van der Waals surface area contributed by atoms with Crippen molar-refractivity contribution < 1.29 is 0 Å². The maximum atomic E-state index is 3.52. The number of rotatable bonds is 1. The van der Waals surface area contributed by atoms with Crippen molar-refractivity contribution in [3.8, 4) is 0 Å². The van der Waals surface area contributed by atoms with Crippen LogP contribution in [0.15, 0.2) is 46.6 Å². The Morgan fingerprint density at radius 1 is 1.38 bits per heavy atom. The van der Waals surface area contributed by atoms with Crippen LogP contribution in [0, 0.1) is 0 Å². The Morgan fingerprint density at radius 3 is 3.06 bits per heavy atom. The minimum Gasteiger partial charge on any atom is -0.313 e. The smallest absolute Gasteiger partial charge is 0.0210 e. The molecule has 0 spiro atoms. The predicted octanol–water partition coefficient (Wildman–Crippen LogP) is 3.52. The molecule has 1 aliphatic carbocycles. The molecule has 1 aliphatic heterocycles. The molecule has 1 heterocycles. The molecular weight excluding hydrogens is 194 g/mol. The third-order valence-electron chi connectivity index (χ3n) is 3.32. The number of nitrogens with one attached hydrogen (secondary N) is 1. The van der Waals surface area contributed by atoms with Gasteiger partial charge < -0.3 is 5.32 Å². The molecule has 0 unspecified atom stereocenters. The van der Waals surface area contributed by atoms with Crippen molar-refractivity contribution in [3.63, 3.8) is 0 Å². The molecule has 0 atom stereocenters. The second kappa shape index (κ2) is 5.31. The van der Waals surface area contributed by atoms with Gasteiger partial charge in [-0.15, -0.1) is 0 Å². The van der Waals surface area contributed by atoms with Gasteiger partial charge in [0.1, 0.15) is 0 Å². The topological polar surface area (TPSA) is 12.0 Å². The zero-order chi connectivity index (χ0) is 11.4. The zero-order valence-corrected chi connectivity index (χ0v) is 10.3. The molecule has 1 nitrogen and oxygen atoms in total. The van der Waals surface area contributed by atoms with Crippen LogP contribution in [0.3, 0.4) is 0 Å². The summed E-state index contributed by atoms with van der Waals surface area (Å²) in [6.45, 7) is 6.60. The molecule has 0 amide bonds. The van der Waals surface area contributed by atoms with Crippen molar-refractivity contribution in [2.24, 2.45) is 0 Å². The van der Waals surface area contributed by atoms with Crippen LogP contribution in [0.4, 0.5) is 0 Å². The van der Waals surface area contributed by atoms with E-state index in [1.54, 1.807) is 0 Å². The zero-order valence-electron chi connectivity index (χ0n) is 10.3. The third kappa shape index (κ3) is 2.53. The van der Waals surface area contributed by atoms with Crippen molar-refractivity contribution >= 4 is 0 Å². The van der Waals surface area contributed by atoms with E-state index in [0.717, 1.165) is 19.5 Å². The maximum Gasteiger partial charge on any atom is 0.0210 e. The summed E-state index contributed by atoms with van der Waals surface area (Å²) in [4.78, 5) is 0. The number of fused-ring (bicyclic) bond motifs is 1. The number of hydrogen-bond donors (Lipinski definition) is 1. The van der Waals surface area contributed by atoms with Crippen LogP contribution in [0.25, 0.3) is 0 Å². The van der Waals surface area contributed by atoms with Gasteiger partial charge in [-0.2, -0.15) is 0 Å². The second-order valence-corrected chi connectivity index (χ2v) is 4.58. The average Bonchev–Trinajstić information content (AvgIpc) is 2.49. The van der Waals surface area contributed by atoms with Crippen LogP contribution in [0.2, 0.25) is 0 Å². The Kier molecular flexibility index (Phi) is 3.79. The quantitative estimate of drug-likeness (QED) is 0.705. The lowest BCUT2D eigenvalue weighted by molar-refractivity contribution is 0.721. The Balaban J connectivity index is 2.44. The molecule has 1 heteroatoms. The van der Waals surface area contributed by atoms with E-state index in [1.807, 2.05) is 0 Å². The highest BCUT2D eigenvalue weighted by atomic mass is 14.9. The number of hydrogen-bond acceptors (Lipinski definition) is 1. The molecule has 1 saturated heterocycles. The van der Waals surface area contributed by atoms with Gasteiger partial charge >= 0.3 is 0 Å². The van der Waals surface area contributed by atoms with E-state index in [1.165, 1.54) is 35.1 Å². The van der Waals surface area contributed by atoms with Gasteiger partial charge in [0.2, 0.25) is 0 Å². The lowest BCUT2D eigenvalue weighted by Crippen LogP contribution is -2.16. The fraction of sp³-hybridized carbons (Fsp3) is 0.467. The molecule has 0 bridgehead atoms. The fourth-order valence-electron chi connectivity index (χ4n) is 2.43. The highest BCUT2D eigenvalue weighted by Crippen LogP contribution is 2.26. The van der Waals surface area contributed by atoms with Crippen molar-refractivity contribution in [2.75, 3.05) is 13.1 Å². The first-order chi connectivity index (χ1) is 7.81. The van der Waals surface area contributed by atoms with Gasteiger partial charge in [0.05, 0.1) is 0 Å². The van der Waals surface area contributed by atoms with E-state index >= 15 is 0 Å². The molecule has 0 saturated carbocycles. The average molecular weight is 215 g/mol. The van der Waals surface area contributed by atoms with Crippen LogP contribution >= 0.6 is 0 Å². The third-order valence-corrected chi connectivity index (χ3v) is 3.32. The summed E-state index contributed by atoms with van der Waals surface area (Å²) < 4.78 is 0. The summed E-state index contributed by atoms with van der Waals surface area (Å²) in [5, 5.41) is 3.52. The van der Waals surface area contributed by atoms with E-state index in [2.05, 4.69) is 43.5 Å². The largest absolute Gasteiger partial charge is 0.313 e. The first-order valence-corrected chi connectivity index (χ1v) is 6.30. The van der Waals surface area contributed by atoms with Crippen molar-refractivity contribution in [1.82, 2.24) is 5.32 Å². The summed E-state index contributed by atoms with van der Waals surface area (Å²) in [5.74, 6) is 0. The SMILES string of the molecule is CCC1=C2/CNCCC/C2=C/C=C/C(C)=C\1. The van der Waals surface area contributed by atoms with Gasteiger partial charge in [0, 0.05) is 6.54 Å². The normalized spacial score (nSPS) is 34.6. The molecule has 0 aromatic carbocycles. The van der Waals surface area contributed by atoms with Crippen LogP contribution in [0.5, 0.6) is 0 Å². The Bertz CT molecular complexity index is 380. The lowest BCUT2D eigenvalue weighted by Gasteiger charge is -2.14. The molecule has 2 rings (SSSR count). The monoisotopic (exact) mass is 215 g/mol. The van der Waals surface area contributed by atoms with Crippen molar-refractivity contribution in [1.29, 1.82) is 0 Å². The van der Waals surface area contributed by atoms with Gasteiger partial charge in [-0.05, 0) is 49.5 Å². The fourth-order valence-corrected chi connectivity index (χ4v) is 2.43. The standard InChI is InChI=1S/C15H21N/c1-3-13-10-12(2)6-4-7-14-8-5-9-16-11-15(13)14/h4,6-7,10,16H,3,5,8-9,11H2,1-2H3/b6-4+,7-4?,12-6?,12-10-,13-10?,14-7-,15-13+. The molecule has 86 valence electrons. The first kappa shape index (κ1) is 11.4. The van der Waals surface area contributed by atoms with Crippen LogP contribution in [-0.2, 0) is 0 Å². The van der Waals surface area contributed by atoms with Crippen LogP contribution in [0.1, 0.15) is 33.1 Å². The predicted molar refractivity (Wildman–Crippen MR) is 70.4 cm³/mol. The highest BCUT2D eigenvalue weighted by Gasteiger charge is 2.13. The summed E-state index contributed by atoms with van der Waals surface area (Å²) in [6, 6.07) is 0. The summed E-state index contributed by atoms with van der Waals surface area (Å²) in [7, 11) is 0. The summed E-state index contributed by atoms with van der Waals surface area (Å²) in [6.07, 6.45) is 12.6. The molecule has 0 aromatic rings. The molecule has 1 N–H and O–H groups in total. The van der Waals surface area contributed by atoms with E-state index in [0.29, 0.717) is 0 Å². The van der Waals surface area contributed by atoms with E-state index < -0.39 is 0 Å². The second-order valence-electron chi connectivity index (χ2n) is 4.58. The van der Waals surface area contributed by atoms with Gasteiger partial charge in [-0.25, -0.2) is 0 Å². The van der Waals surface area contributed by atoms with Gasteiger partial charge in [0.15, 0.2) is 0 Å². The van der Waals surface area contributed by atoms with E-state index in [-0.39, 0.29) is 0 Å². The van der Waals surface area contributed by atoms with Crippen molar-refractivity contribution in [2.45, 2.75) is 33.1 Å². The van der Waals surface area contributed by atoms with E-state index in [4.69, 9.17) is 0 Å². The molecular formula is C15H21N. The molecule has 16 heavy (non-hydrogen) atoms. The minimum atomic E-state index is 1.03. The highest BCUT2D eigenvalue weighted by molar-refractivity contribution is 5.47. The lowest BCUT2D eigenvalue weighted by atomic mass is 9.92. The molecule has 2 aliphatic rings. The minimum absolute atomic E-state index is 1.03. The van der Waals surface area contributed by atoms with Crippen LogP contribution in [-0.4, -0.2) is 13.1 Å². The Hall–Kier alpha value is -1.08. The van der Waals surface area contributed by atoms with Crippen molar-refractivity contribution in [3.05, 3.63) is 46.6 Å². The summed E-state index contributed by atoms with van der Waals surface area (Å²) >= 11 is 0. The Morgan fingerprint density at radius 2 is 2.25 bits per heavy atom. The van der Waals surface area contributed by atoms with Crippen LogP contribution < -0.4 is 5.32 Å².